The molecule has 0 aliphatic rings. The predicted octanol–water partition coefficient (Wildman–Crippen LogP) is 2.16. The molecule has 1 aromatic rings. The van der Waals surface area contributed by atoms with Crippen LogP contribution in [0, 0.1) is 6.92 Å². The van der Waals surface area contributed by atoms with E-state index in [9.17, 15) is 0 Å². The Hall–Kier alpha value is -0.840. The van der Waals surface area contributed by atoms with Gasteiger partial charge in [-0.2, -0.15) is 0 Å². The van der Waals surface area contributed by atoms with Gasteiger partial charge in [0.1, 0.15) is 11.5 Å². The first-order chi connectivity index (χ1) is 8.58. The number of likely N-dealkylation sites (N-methyl/N-ethyl adjacent to an activating group) is 1. The van der Waals surface area contributed by atoms with Crippen molar-refractivity contribution in [3.63, 3.8) is 0 Å². The summed E-state index contributed by atoms with van der Waals surface area (Å²) in [6.07, 6.45) is 0. The summed E-state index contributed by atoms with van der Waals surface area (Å²) in [6.45, 7) is 9.69. The van der Waals surface area contributed by atoms with Gasteiger partial charge in [0, 0.05) is 25.3 Å². The van der Waals surface area contributed by atoms with E-state index < -0.39 is 0 Å². The van der Waals surface area contributed by atoms with E-state index in [4.69, 9.17) is 9.15 Å². The fourth-order valence-electron chi connectivity index (χ4n) is 1.87. The molecule has 1 N–H and O–H groups in total. The molecule has 0 aliphatic carbocycles. The number of hydrogen-bond donors (Lipinski definition) is 1. The molecule has 0 bridgehead atoms. The van der Waals surface area contributed by atoms with Gasteiger partial charge in [0.2, 0.25) is 0 Å². The number of furan rings is 1. The Morgan fingerprint density at radius 2 is 2.22 bits per heavy atom. The molecule has 0 saturated heterocycles. The molecule has 1 atom stereocenters. The lowest BCUT2D eigenvalue weighted by molar-refractivity contribution is 0.111. The first kappa shape index (κ1) is 15.2. The van der Waals surface area contributed by atoms with Crippen molar-refractivity contribution in [1.82, 2.24) is 10.2 Å². The molecule has 104 valence electrons. The van der Waals surface area contributed by atoms with Gasteiger partial charge in [0.15, 0.2) is 0 Å². The zero-order valence-electron chi connectivity index (χ0n) is 12.2. The Bertz CT molecular complexity index is 350. The molecular weight excluding hydrogens is 228 g/mol. The topological polar surface area (TPSA) is 37.6 Å². The highest BCUT2D eigenvalue weighted by Gasteiger charge is 2.13. The maximum atomic E-state index is 5.74. The standard InChI is InChI=1S/C14H26N2O2/c1-6-15-8-14-7-13(12(3)18-14)9-16(4)11(2)10-17-5/h7,11,15H,6,8-10H2,1-5H3. The zero-order chi connectivity index (χ0) is 13.5. The molecule has 0 radical (unpaired) electrons. The summed E-state index contributed by atoms with van der Waals surface area (Å²) in [5, 5.41) is 3.27. The molecule has 4 nitrogen and oxygen atoms in total. The third kappa shape index (κ3) is 4.44. The highest BCUT2D eigenvalue weighted by Crippen LogP contribution is 2.17. The maximum absolute atomic E-state index is 5.74. The Morgan fingerprint density at radius 1 is 1.50 bits per heavy atom. The minimum atomic E-state index is 0.404. The molecular formula is C14H26N2O2. The van der Waals surface area contributed by atoms with Crippen LogP contribution in [-0.2, 0) is 17.8 Å². The molecule has 1 heterocycles. The minimum absolute atomic E-state index is 0.404. The minimum Gasteiger partial charge on any atom is -0.465 e. The maximum Gasteiger partial charge on any atom is 0.118 e. The van der Waals surface area contributed by atoms with Crippen LogP contribution in [-0.4, -0.2) is 38.3 Å². The molecule has 1 unspecified atom stereocenters. The highest BCUT2D eigenvalue weighted by atomic mass is 16.5. The molecule has 0 aliphatic heterocycles. The van der Waals surface area contributed by atoms with Gasteiger partial charge < -0.3 is 14.5 Å². The van der Waals surface area contributed by atoms with Crippen LogP contribution in [0.5, 0.6) is 0 Å². The molecule has 0 saturated carbocycles. The lowest BCUT2D eigenvalue weighted by Gasteiger charge is -2.23. The largest absolute Gasteiger partial charge is 0.465 e. The van der Waals surface area contributed by atoms with Crippen LogP contribution in [0.3, 0.4) is 0 Å². The van der Waals surface area contributed by atoms with Gasteiger partial charge in [0.05, 0.1) is 13.2 Å². The Balaban J connectivity index is 2.58. The van der Waals surface area contributed by atoms with Crippen molar-refractivity contribution >= 4 is 0 Å². The second kappa shape index (κ2) is 7.56. The van der Waals surface area contributed by atoms with Crippen LogP contribution < -0.4 is 5.32 Å². The van der Waals surface area contributed by atoms with Gasteiger partial charge in [0.25, 0.3) is 0 Å². The smallest absolute Gasteiger partial charge is 0.118 e. The van der Waals surface area contributed by atoms with E-state index in [-0.39, 0.29) is 0 Å². The van der Waals surface area contributed by atoms with Gasteiger partial charge >= 0.3 is 0 Å². The zero-order valence-corrected chi connectivity index (χ0v) is 12.2. The van der Waals surface area contributed by atoms with E-state index in [0.29, 0.717) is 6.04 Å². The quantitative estimate of drug-likeness (QED) is 0.771. The van der Waals surface area contributed by atoms with Crippen LogP contribution in [0.2, 0.25) is 0 Å². The summed E-state index contributed by atoms with van der Waals surface area (Å²) in [7, 11) is 3.85. The Morgan fingerprint density at radius 3 is 2.83 bits per heavy atom. The van der Waals surface area contributed by atoms with Crippen molar-refractivity contribution in [3.8, 4) is 0 Å². The summed E-state index contributed by atoms with van der Waals surface area (Å²) in [4.78, 5) is 2.28. The lowest BCUT2D eigenvalue weighted by atomic mass is 10.2. The van der Waals surface area contributed by atoms with Crippen molar-refractivity contribution in [2.45, 2.75) is 39.9 Å². The molecule has 0 spiro atoms. The number of ether oxygens (including phenoxy) is 1. The summed E-state index contributed by atoms with van der Waals surface area (Å²) < 4.78 is 10.9. The fraction of sp³-hybridized carbons (Fsp3) is 0.714. The number of nitrogens with one attached hydrogen (secondary N) is 1. The number of hydrogen-bond acceptors (Lipinski definition) is 4. The molecule has 0 aromatic carbocycles. The average Bonchev–Trinajstić information content (AvgIpc) is 2.67. The van der Waals surface area contributed by atoms with Crippen LogP contribution in [0.4, 0.5) is 0 Å². The van der Waals surface area contributed by atoms with E-state index in [0.717, 1.165) is 37.8 Å². The van der Waals surface area contributed by atoms with E-state index in [1.54, 1.807) is 7.11 Å². The van der Waals surface area contributed by atoms with E-state index in [1.807, 2.05) is 6.92 Å². The van der Waals surface area contributed by atoms with Crippen molar-refractivity contribution in [3.05, 3.63) is 23.2 Å². The number of aryl methyl sites for hydroxylation is 1. The number of methoxy groups -OCH3 is 1. The average molecular weight is 254 g/mol. The van der Waals surface area contributed by atoms with E-state index in [1.165, 1.54) is 5.56 Å². The van der Waals surface area contributed by atoms with Gasteiger partial charge in [-0.3, -0.25) is 4.90 Å². The second-order valence-electron chi connectivity index (χ2n) is 4.79. The fourth-order valence-corrected chi connectivity index (χ4v) is 1.87. The summed E-state index contributed by atoms with van der Waals surface area (Å²) in [5.74, 6) is 2.02. The SMILES string of the molecule is CCNCc1cc(CN(C)C(C)COC)c(C)o1. The third-order valence-electron chi connectivity index (χ3n) is 3.20. The third-order valence-corrected chi connectivity index (χ3v) is 3.20. The van der Waals surface area contributed by atoms with Crippen molar-refractivity contribution in [2.75, 3.05) is 27.3 Å². The number of rotatable bonds is 8. The summed E-state index contributed by atoms with van der Waals surface area (Å²) in [5.41, 5.74) is 1.26. The van der Waals surface area contributed by atoms with Crippen molar-refractivity contribution in [2.24, 2.45) is 0 Å². The Kier molecular flexibility index (Phi) is 6.39. The van der Waals surface area contributed by atoms with E-state index >= 15 is 0 Å². The van der Waals surface area contributed by atoms with E-state index in [2.05, 4.69) is 37.2 Å². The van der Waals surface area contributed by atoms with Crippen LogP contribution in [0.25, 0.3) is 0 Å². The van der Waals surface area contributed by atoms with Crippen LogP contribution >= 0.6 is 0 Å². The first-order valence-electron chi connectivity index (χ1n) is 6.56. The van der Waals surface area contributed by atoms with Gasteiger partial charge in [-0.25, -0.2) is 0 Å². The molecule has 4 heteroatoms. The predicted molar refractivity (Wildman–Crippen MR) is 73.6 cm³/mol. The highest BCUT2D eigenvalue weighted by molar-refractivity contribution is 5.20. The second-order valence-corrected chi connectivity index (χ2v) is 4.79. The monoisotopic (exact) mass is 254 g/mol. The summed E-state index contributed by atoms with van der Waals surface area (Å²) >= 11 is 0. The van der Waals surface area contributed by atoms with Crippen molar-refractivity contribution < 1.29 is 9.15 Å². The normalized spacial score (nSPS) is 13.2. The van der Waals surface area contributed by atoms with Crippen LogP contribution in [0.15, 0.2) is 10.5 Å². The van der Waals surface area contributed by atoms with Crippen LogP contribution in [0.1, 0.15) is 30.9 Å². The molecule has 0 fully saturated rings. The van der Waals surface area contributed by atoms with Crippen molar-refractivity contribution in [1.29, 1.82) is 0 Å². The molecule has 0 amide bonds. The van der Waals surface area contributed by atoms with Gasteiger partial charge in [-0.15, -0.1) is 0 Å². The number of nitrogens with zero attached hydrogens (tertiary/aromatic N) is 1. The summed E-state index contributed by atoms with van der Waals surface area (Å²) in [6, 6.07) is 2.55. The van der Waals surface area contributed by atoms with Gasteiger partial charge in [-0.1, -0.05) is 6.92 Å². The molecule has 1 aromatic heterocycles. The Labute approximate surface area is 110 Å². The first-order valence-corrected chi connectivity index (χ1v) is 6.56. The lowest BCUT2D eigenvalue weighted by Crippen LogP contribution is -2.32. The molecule has 18 heavy (non-hydrogen) atoms. The molecule has 1 rings (SSSR count). The van der Waals surface area contributed by atoms with Gasteiger partial charge in [-0.05, 0) is 33.5 Å².